The first-order chi connectivity index (χ1) is 14.2. The molecule has 2 heterocycles. The predicted molar refractivity (Wildman–Crippen MR) is 110 cm³/mol. The van der Waals surface area contributed by atoms with Gasteiger partial charge in [-0.3, -0.25) is 4.79 Å². The molecule has 2 aliphatic rings. The van der Waals surface area contributed by atoms with Crippen LogP contribution in [0.2, 0.25) is 0 Å². The molecule has 0 aromatic heterocycles. The average molecular weight is 393 g/mol. The van der Waals surface area contributed by atoms with Gasteiger partial charge in [0.15, 0.2) is 0 Å². The van der Waals surface area contributed by atoms with E-state index in [2.05, 4.69) is 0 Å². The zero-order chi connectivity index (χ0) is 20.1. The number of piperidine rings is 1. The Balaban J connectivity index is 1.26. The fourth-order valence-electron chi connectivity index (χ4n) is 4.52. The number of Topliss-reactive ketones (excluding diaryl/α,β-unsaturated/α-hetero) is 1. The van der Waals surface area contributed by atoms with Gasteiger partial charge in [-0.15, -0.1) is 0 Å². The van der Waals surface area contributed by atoms with Crippen molar-refractivity contribution in [1.29, 1.82) is 0 Å². The Morgan fingerprint density at radius 3 is 2.17 bits per heavy atom. The number of nitrogens with zero attached hydrogens (tertiary/aromatic N) is 1. The van der Waals surface area contributed by atoms with Gasteiger partial charge in [-0.25, -0.2) is 4.79 Å². The van der Waals surface area contributed by atoms with Crippen LogP contribution in [0.3, 0.4) is 0 Å². The SMILES string of the molecule is O=C(CCOc1ccccc1)C1CC2CCC(C1)N2C(=O)OCc1ccccc1. The van der Waals surface area contributed by atoms with Crippen molar-refractivity contribution in [2.75, 3.05) is 6.61 Å². The number of hydrogen-bond acceptors (Lipinski definition) is 4. The second kappa shape index (κ2) is 9.12. The molecule has 2 atom stereocenters. The van der Waals surface area contributed by atoms with Crippen LogP contribution in [0.15, 0.2) is 60.7 Å². The zero-order valence-corrected chi connectivity index (χ0v) is 16.5. The molecule has 2 aliphatic heterocycles. The van der Waals surface area contributed by atoms with Gasteiger partial charge in [0.05, 0.1) is 6.61 Å². The molecule has 0 radical (unpaired) electrons. The summed E-state index contributed by atoms with van der Waals surface area (Å²) in [5, 5.41) is 0. The van der Waals surface area contributed by atoms with Crippen molar-refractivity contribution < 1.29 is 19.1 Å². The van der Waals surface area contributed by atoms with Crippen molar-refractivity contribution >= 4 is 11.9 Å². The van der Waals surface area contributed by atoms with Crippen molar-refractivity contribution in [2.24, 2.45) is 5.92 Å². The molecule has 2 aromatic rings. The molecular weight excluding hydrogens is 366 g/mol. The molecule has 5 nitrogen and oxygen atoms in total. The van der Waals surface area contributed by atoms with E-state index in [1.54, 1.807) is 0 Å². The van der Waals surface area contributed by atoms with Crippen LogP contribution in [0.5, 0.6) is 5.75 Å². The maximum absolute atomic E-state index is 12.7. The highest BCUT2D eigenvalue weighted by atomic mass is 16.6. The summed E-state index contributed by atoms with van der Waals surface area (Å²) < 4.78 is 11.2. The first-order valence-corrected chi connectivity index (χ1v) is 10.4. The Hall–Kier alpha value is -2.82. The third-order valence-electron chi connectivity index (χ3n) is 5.96. The van der Waals surface area contributed by atoms with Gasteiger partial charge in [-0.1, -0.05) is 48.5 Å². The highest BCUT2D eigenvalue weighted by Gasteiger charge is 2.45. The summed E-state index contributed by atoms with van der Waals surface area (Å²) in [7, 11) is 0. The molecule has 0 aliphatic carbocycles. The van der Waals surface area contributed by atoms with Gasteiger partial charge in [0, 0.05) is 24.4 Å². The minimum Gasteiger partial charge on any atom is -0.493 e. The minimum atomic E-state index is -0.250. The van der Waals surface area contributed by atoms with Crippen molar-refractivity contribution in [1.82, 2.24) is 4.90 Å². The summed E-state index contributed by atoms with van der Waals surface area (Å²) in [6.07, 6.45) is 3.55. The Morgan fingerprint density at radius 2 is 1.52 bits per heavy atom. The fourth-order valence-corrected chi connectivity index (χ4v) is 4.52. The molecule has 0 saturated carbocycles. The Bertz CT molecular complexity index is 809. The Morgan fingerprint density at radius 1 is 0.897 bits per heavy atom. The molecule has 2 bridgehead atoms. The van der Waals surface area contributed by atoms with Crippen LogP contribution < -0.4 is 4.74 Å². The summed E-state index contributed by atoms with van der Waals surface area (Å²) in [6, 6.07) is 19.5. The molecule has 4 rings (SSSR count). The molecule has 29 heavy (non-hydrogen) atoms. The molecule has 2 fully saturated rings. The lowest BCUT2D eigenvalue weighted by molar-refractivity contribution is -0.125. The van der Waals surface area contributed by atoms with Crippen molar-refractivity contribution in [2.45, 2.75) is 50.8 Å². The van der Waals surface area contributed by atoms with Crippen molar-refractivity contribution in [3.63, 3.8) is 0 Å². The summed E-state index contributed by atoms with van der Waals surface area (Å²) in [6.45, 7) is 0.687. The van der Waals surface area contributed by atoms with Gasteiger partial charge in [0.25, 0.3) is 0 Å². The summed E-state index contributed by atoms with van der Waals surface area (Å²) in [5.74, 6) is 1.05. The lowest BCUT2D eigenvalue weighted by atomic mass is 9.86. The number of para-hydroxylation sites is 1. The maximum Gasteiger partial charge on any atom is 0.410 e. The molecule has 1 amide bonds. The normalized spacial score (nSPS) is 22.9. The van der Waals surface area contributed by atoms with E-state index in [1.165, 1.54) is 0 Å². The van der Waals surface area contributed by atoms with Crippen LogP contribution in [0.1, 0.15) is 37.7 Å². The highest BCUT2D eigenvalue weighted by Crippen LogP contribution is 2.39. The van der Waals surface area contributed by atoms with Crippen LogP contribution in [0, 0.1) is 5.92 Å². The number of ketones is 1. The van der Waals surface area contributed by atoms with Crippen LogP contribution in [-0.2, 0) is 16.1 Å². The Kier molecular flexibility index (Phi) is 6.13. The number of hydrogen-bond donors (Lipinski definition) is 0. The number of amides is 1. The van der Waals surface area contributed by atoms with Gasteiger partial charge in [-0.05, 0) is 43.4 Å². The average Bonchev–Trinajstić information content (AvgIpc) is 3.03. The monoisotopic (exact) mass is 393 g/mol. The number of fused-ring (bicyclic) bond motifs is 2. The third kappa shape index (κ3) is 4.78. The van der Waals surface area contributed by atoms with Crippen molar-refractivity contribution in [3.8, 4) is 5.75 Å². The molecule has 152 valence electrons. The van der Waals surface area contributed by atoms with E-state index in [0.717, 1.165) is 37.0 Å². The van der Waals surface area contributed by atoms with E-state index in [1.807, 2.05) is 65.6 Å². The number of rotatable bonds is 7. The number of ether oxygens (including phenoxy) is 2. The molecule has 0 spiro atoms. The van der Waals surface area contributed by atoms with Gasteiger partial charge in [-0.2, -0.15) is 0 Å². The lowest BCUT2D eigenvalue weighted by Gasteiger charge is -2.37. The molecular formula is C24H27NO4. The second-order valence-corrected chi connectivity index (χ2v) is 7.88. The fraction of sp³-hybridized carbons (Fsp3) is 0.417. The second-order valence-electron chi connectivity index (χ2n) is 7.88. The predicted octanol–water partition coefficient (Wildman–Crippen LogP) is 4.60. The first-order valence-electron chi connectivity index (χ1n) is 10.4. The standard InChI is InChI=1S/C24H27NO4/c26-23(13-14-28-22-9-5-2-6-10-22)19-15-20-11-12-21(16-19)25(20)24(27)29-17-18-7-3-1-4-8-18/h1-10,19-21H,11-17H2. The molecule has 2 saturated heterocycles. The lowest BCUT2D eigenvalue weighted by Crippen LogP contribution is -2.48. The molecule has 2 unspecified atom stereocenters. The van der Waals surface area contributed by atoms with Gasteiger partial charge in [0.1, 0.15) is 18.1 Å². The first kappa shape index (κ1) is 19.5. The Labute approximate surface area is 171 Å². The van der Waals surface area contributed by atoms with E-state index in [0.29, 0.717) is 13.0 Å². The van der Waals surface area contributed by atoms with Crippen LogP contribution in [-0.4, -0.2) is 35.5 Å². The van der Waals surface area contributed by atoms with E-state index in [9.17, 15) is 9.59 Å². The number of benzene rings is 2. The highest BCUT2D eigenvalue weighted by molar-refractivity contribution is 5.82. The summed E-state index contributed by atoms with van der Waals surface area (Å²) >= 11 is 0. The zero-order valence-electron chi connectivity index (χ0n) is 16.5. The van der Waals surface area contributed by atoms with Crippen LogP contribution >= 0.6 is 0 Å². The smallest absolute Gasteiger partial charge is 0.410 e. The largest absolute Gasteiger partial charge is 0.493 e. The van der Waals surface area contributed by atoms with Crippen LogP contribution in [0.4, 0.5) is 4.79 Å². The minimum absolute atomic E-state index is 0.0186. The number of carbonyl (C=O) groups is 2. The van der Waals surface area contributed by atoms with Gasteiger partial charge < -0.3 is 14.4 Å². The van der Waals surface area contributed by atoms with E-state index in [4.69, 9.17) is 9.47 Å². The summed E-state index contributed by atoms with van der Waals surface area (Å²) in [5.41, 5.74) is 0.983. The topological polar surface area (TPSA) is 55.8 Å². The number of carbonyl (C=O) groups excluding carboxylic acids is 2. The van der Waals surface area contributed by atoms with E-state index >= 15 is 0 Å². The van der Waals surface area contributed by atoms with Crippen LogP contribution in [0.25, 0.3) is 0 Å². The maximum atomic E-state index is 12.7. The molecule has 2 aromatic carbocycles. The third-order valence-corrected chi connectivity index (χ3v) is 5.96. The van der Waals surface area contributed by atoms with Gasteiger partial charge in [0.2, 0.25) is 0 Å². The van der Waals surface area contributed by atoms with E-state index < -0.39 is 0 Å². The summed E-state index contributed by atoms with van der Waals surface area (Å²) in [4.78, 5) is 27.2. The molecule has 0 N–H and O–H groups in total. The molecule has 5 heteroatoms. The van der Waals surface area contributed by atoms with Gasteiger partial charge >= 0.3 is 6.09 Å². The van der Waals surface area contributed by atoms with Crippen molar-refractivity contribution in [3.05, 3.63) is 66.2 Å². The van der Waals surface area contributed by atoms with E-state index in [-0.39, 0.29) is 36.5 Å². The quantitative estimate of drug-likeness (QED) is 0.690.